The van der Waals surface area contributed by atoms with Crippen LogP contribution in [0.15, 0.2) is 6.20 Å². The van der Waals surface area contributed by atoms with E-state index in [1.54, 1.807) is 0 Å². The zero-order valence-corrected chi connectivity index (χ0v) is 11.6. The van der Waals surface area contributed by atoms with Crippen LogP contribution in [0, 0.1) is 0 Å². The third kappa shape index (κ3) is 2.32. The smallest absolute Gasteiger partial charge is 0.274 e. The van der Waals surface area contributed by atoms with Gasteiger partial charge in [-0.2, -0.15) is 0 Å². The molecule has 1 N–H and O–H groups in total. The largest absolute Gasteiger partial charge is 0.356 e. The number of fused-ring (bicyclic) bond motifs is 1. The SMILES string of the molecule is CC1CN(C(=O)c2cn3c(n2)NCCC3)CCN1C. The number of amides is 1. The van der Waals surface area contributed by atoms with Crippen LogP contribution in [0.3, 0.4) is 0 Å². The zero-order valence-electron chi connectivity index (χ0n) is 11.6. The quantitative estimate of drug-likeness (QED) is 0.800. The summed E-state index contributed by atoms with van der Waals surface area (Å²) in [6.45, 7) is 6.54. The lowest BCUT2D eigenvalue weighted by Crippen LogP contribution is -2.52. The summed E-state index contributed by atoms with van der Waals surface area (Å²) < 4.78 is 2.04. The maximum absolute atomic E-state index is 12.5. The molecule has 0 spiro atoms. The van der Waals surface area contributed by atoms with Gasteiger partial charge in [-0.05, 0) is 20.4 Å². The van der Waals surface area contributed by atoms with E-state index in [0.29, 0.717) is 11.7 Å². The molecule has 3 heterocycles. The van der Waals surface area contributed by atoms with E-state index in [1.165, 1.54) is 0 Å². The van der Waals surface area contributed by atoms with Gasteiger partial charge < -0.3 is 19.7 Å². The van der Waals surface area contributed by atoms with Crippen molar-refractivity contribution in [2.75, 3.05) is 38.5 Å². The van der Waals surface area contributed by atoms with Crippen molar-refractivity contribution in [2.24, 2.45) is 0 Å². The van der Waals surface area contributed by atoms with Crippen molar-refractivity contribution < 1.29 is 4.79 Å². The molecular formula is C13H21N5O. The van der Waals surface area contributed by atoms with Gasteiger partial charge in [0.15, 0.2) is 0 Å². The predicted octanol–water partition coefficient (Wildman–Crippen LogP) is 0.475. The lowest BCUT2D eigenvalue weighted by Gasteiger charge is -2.37. The second kappa shape index (κ2) is 4.85. The second-order valence-electron chi connectivity index (χ2n) is 5.50. The number of carbonyl (C=O) groups excluding carboxylic acids is 1. The summed E-state index contributed by atoms with van der Waals surface area (Å²) in [5.41, 5.74) is 0.571. The number of anilines is 1. The van der Waals surface area contributed by atoms with Crippen molar-refractivity contribution in [1.29, 1.82) is 0 Å². The van der Waals surface area contributed by atoms with Crippen molar-refractivity contribution in [3.05, 3.63) is 11.9 Å². The van der Waals surface area contributed by atoms with Crippen molar-refractivity contribution in [2.45, 2.75) is 25.9 Å². The number of hydrogen-bond donors (Lipinski definition) is 1. The number of rotatable bonds is 1. The first-order valence-electron chi connectivity index (χ1n) is 6.95. The van der Waals surface area contributed by atoms with E-state index < -0.39 is 0 Å². The number of nitrogens with one attached hydrogen (secondary N) is 1. The van der Waals surface area contributed by atoms with E-state index in [1.807, 2.05) is 15.7 Å². The average molecular weight is 263 g/mol. The maximum Gasteiger partial charge on any atom is 0.274 e. The molecule has 0 aromatic carbocycles. The van der Waals surface area contributed by atoms with Gasteiger partial charge >= 0.3 is 0 Å². The fourth-order valence-corrected chi connectivity index (χ4v) is 2.68. The van der Waals surface area contributed by atoms with Gasteiger partial charge in [0.05, 0.1) is 0 Å². The maximum atomic E-state index is 12.5. The van der Waals surface area contributed by atoms with Crippen molar-refractivity contribution in [1.82, 2.24) is 19.4 Å². The molecule has 0 bridgehead atoms. The summed E-state index contributed by atoms with van der Waals surface area (Å²) in [5, 5.41) is 3.23. The fraction of sp³-hybridized carbons (Fsp3) is 0.692. The summed E-state index contributed by atoms with van der Waals surface area (Å²) in [6.07, 6.45) is 2.97. The first-order valence-corrected chi connectivity index (χ1v) is 6.95. The minimum Gasteiger partial charge on any atom is -0.356 e. The fourth-order valence-electron chi connectivity index (χ4n) is 2.68. The number of likely N-dealkylation sites (N-methyl/N-ethyl adjacent to an activating group) is 1. The Bertz CT molecular complexity index is 460. The van der Waals surface area contributed by atoms with Crippen LogP contribution in [0.1, 0.15) is 23.8 Å². The van der Waals surface area contributed by atoms with E-state index in [9.17, 15) is 4.79 Å². The van der Waals surface area contributed by atoms with Crippen LogP contribution < -0.4 is 5.32 Å². The highest BCUT2D eigenvalue weighted by atomic mass is 16.2. The van der Waals surface area contributed by atoms with Crippen LogP contribution >= 0.6 is 0 Å². The van der Waals surface area contributed by atoms with Gasteiger partial charge in [0.25, 0.3) is 5.91 Å². The van der Waals surface area contributed by atoms with Crippen LogP contribution in [0.25, 0.3) is 0 Å². The van der Waals surface area contributed by atoms with E-state index >= 15 is 0 Å². The molecule has 1 amide bonds. The second-order valence-corrected chi connectivity index (χ2v) is 5.50. The topological polar surface area (TPSA) is 53.4 Å². The normalized spacial score (nSPS) is 23.9. The third-order valence-corrected chi connectivity index (χ3v) is 4.10. The molecule has 1 saturated heterocycles. The Morgan fingerprint density at radius 3 is 3.00 bits per heavy atom. The van der Waals surface area contributed by atoms with Gasteiger partial charge in [0.1, 0.15) is 5.69 Å². The Balaban J connectivity index is 1.75. The summed E-state index contributed by atoms with van der Waals surface area (Å²) >= 11 is 0. The first-order chi connectivity index (χ1) is 9.15. The minimum atomic E-state index is 0.0589. The Kier molecular flexibility index (Phi) is 3.18. The number of piperazine rings is 1. The molecule has 1 fully saturated rings. The Labute approximate surface area is 113 Å². The van der Waals surface area contributed by atoms with E-state index in [-0.39, 0.29) is 5.91 Å². The molecule has 1 atom stereocenters. The molecule has 2 aliphatic heterocycles. The molecule has 0 saturated carbocycles. The van der Waals surface area contributed by atoms with Crippen molar-refractivity contribution in [3.8, 4) is 0 Å². The summed E-state index contributed by atoms with van der Waals surface area (Å²) in [5.74, 6) is 0.889. The number of imidazole rings is 1. The average Bonchev–Trinajstić information content (AvgIpc) is 2.85. The first kappa shape index (κ1) is 12.5. The Hall–Kier alpha value is -1.56. The molecule has 1 aromatic rings. The highest BCUT2D eigenvalue weighted by Gasteiger charge is 2.27. The van der Waals surface area contributed by atoms with E-state index in [0.717, 1.165) is 45.1 Å². The van der Waals surface area contributed by atoms with E-state index in [2.05, 4.69) is 29.2 Å². The standard InChI is InChI=1S/C13H21N5O/c1-10-8-17(7-6-16(10)2)12(19)11-9-18-5-3-4-14-13(18)15-11/h9-10H,3-8H2,1-2H3,(H,14,15). The molecule has 19 heavy (non-hydrogen) atoms. The van der Waals surface area contributed by atoms with Gasteiger partial charge in [-0.15, -0.1) is 0 Å². The molecule has 1 aromatic heterocycles. The molecule has 3 rings (SSSR count). The van der Waals surface area contributed by atoms with Crippen LogP contribution in [0.4, 0.5) is 5.95 Å². The summed E-state index contributed by atoms with van der Waals surface area (Å²) in [7, 11) is 2.10. The molecular weight excluding hydrogens is 242 g/mol. The number of aromatic nitrogens is 2. The van der Waals surface area contributed by atoms with Crippen LogP contribution in [-0.2, 0) is 6.54 Å². The van der Waals surface area contributed by atoms with Crippen LogP contribution in [0.5, 0.6) is 0 Å². The number of hydrogen-bond acceptors (Lipinski definition) is 4. The summed E-state index contributed by atoms with van der Waals surface area (Å²) in [6, 6.07) is 0.410. The molecule has 0 radical (unpaired) electrons. The monoisotopic (exact) mass is 263 g/mol. The molecule has 0 aliphatic carbocycles. The van der Waals surface area contributed by atoms with Gasteiger partial charge in [0, 0.05) is 45.0 Å². The van der Waals surface area contributed by atoms with Gasteiger partial charge in [-0.25, -0.2) is 4.98 Å². The minimum absolute atomic E-state index is 0.0589. The van der Waals surface area contributed by atoms with Gasteiger partial charge in [-0.1, -0.05) is 0 Å². The molecule has 6 heteroatoms. The highest BCUT2D eigenvalue weighted by Crippen LogP contribution is 2.17. The Morgan fingerprint density at radius 1 is 1.42 bits per heavy atom. The third-order valence-electron chi connectivity index (χ3n) is 4.10. The van der Waals surface area contributed by atoms with Crippen LogP contribution in [0.2, 0.25) is 0 Å². The number of aryl methyl sites for hydroxylation is 1. The molecule has 2 aliphatic rings. The predicted molar refractivity (Wildman–Crippen MR) is 73.3 cm³/mol. The van der Waals surface area contributed by atoms with Crippen LogP contribution in [-0.4, -0.2) is 64.5 Å². The number of carbonyl (C=O) groups is 1. The van der Waals surface area contributed by atoms with E-state index in [4.69, 9.17) is 0 Å². The molecule has 1 unspecified atom stereocenters. The zero-order chi connectivity index (χ0) is 13.4. The highest BCUT2D eigenvalue weighted by molar-refractivity contribution is 5.92. The summed E-state index contributed by atoms with van der Waals surface area (Å²) in [4.78, 5) is 21.1. The van der Waals surface area contributed by atoms with Crippen molar-refractivity contribution in [3.63, 3.8) is 0 Å². The van der Waals surface area contributed by atoms with Crippen molar-refractivity contribution >= 4 is 11.9 Å². The molecule has 6 nitrogen and oxygen atoms in total. The number of nitrogens with zero attached hydrogens (tertiary/aromatic N) is 4. The van der Waals surface area contributed by atoms with Gasteiger partial charge in [-0.3, -0.25) is 4.79 Å². The lowest BCUT2D eigenvalue weighted by atomic mass is 10.2. The Morgan fingerprint density at radius 2 is 2.26 bits per heavy atom. The van der Waals surface area contributed by atoms with Gasteiger partial charge in [0.2, 0.25) is 5.95 Å². The molecule has 104 valence electrons. The lowest BCUT2D eigenvalue weighted by molar-refractivity contribution is 0.0567.